The molecule has 3 aromatic rings. The number of nitrogens with zero attached hydrogens (tertiary/aromatic N) is 1. The summed E-state index contributed by atoms with van der Waals surface area (Å²) in [5, 5.41) is 0.0562. The van der Waals surface area contributed by atoms with Crippen molar-refractivity contribution in [1.82, 2.24) is 3.97 Å². The molecule has 1 heterocycles. The SMILES string of the molecule is Cc1ccc(S(=O)(=O)n2c3c(=O)c4ccccc4c(=O)c=3oc3c(C)cc(C)cc32)cc1. The molecule has 0 N–H and O–H groups in total. The fourth-order valence-corrected chi connectivity index (χ4v) is 5.61. The molecule has 3 aromatic carbocycles. The maximum atomic E-state index is 13.9. The van der Waals surface area contributed by atoms with Crippen molar-refractivity contribution in [2.75, 3.05) is 0 Å². The summed E-state index contributed by atoms with van der Waals surface area (Å²) in [6, 6.07) is 16.2. The fraction of sp³-hybridized carbons (Fsp3) is 0.120. The highest BCUT2D eigenvalue weighted by molar-refractivity contribution is 7.90. The van der Waals surface area contributed by atoms with Crippen LogP contribution in [0.3, 0.4) is 0 Å². The van der Waals surface area contributed by atoms with E-state index in [9.17, 15) is 18.0 Å². The van der Waals surface area contributed by atoms with E-state index < -0.39 is 20.9 Å². The molecule has 1 aliphatic heterocycles. The summed E-state index contributed by atoms with van der Waals surface area (Å²) >= 11 is 0. The third-order valence-electron chi connectivity index (χ3n) is 5.64. The Labute approximate surface area is 183 Å². The summed E-state index contributed by atoms with van der Waals surface area (Å²) in [6.45, 7) is 5.46. The van der Waals surface area contributed by atoms with E-state index in [0.29, 0.717) is 5.56 Å². The Hall–Kier alpha value is -3.71. The van der Waals surface area contributed by atoms with Crippen LogP contribution in [0.2, 0.25) is 0 Å². The lowest BCUT2D eigenvalue weighted by molar-refractivity contribution is 0.543. The first-order valence-corrected chi connectivity index (χ1v) is 11.5. The standard InChI is InChI=1S/C25H19NO5S/c1-14-8-10-17(11-9-14)32(29,30)26-20-13-15(2)12-16(3)24(20)31-25-21(26)22(27)18-6-4-5-7-19(18)23(25)28/h4-13H,1-3H3. The average Bonchev–Trinajstić information content (AvgIpc) is 2.76. The molecule has 0 saturated carbocycles. The van der Waals surface area contributed by atoms with Gasteiger partial charge in [0.25, 0.3) is 10.0 Å². The number of benzene rings is 3. The van der Waals surface area contributed by atoms with Crippen LogP contribution in [0, 0.1) is 31.5 Å². The van der Waals surface area contributed by atoms with Gasteiger partial charge in [-0.15, -0.1) is 0 Å². The van der Waals surface area contributed by atoms with Crippen molar-refractivity contribution in [1.29, 1.82) is 0 Å². The normalized spacial score (nSPS) is 12.1. The summed E-state index contributed by atoms with van der Waals surface area (Å²) in [4.78, 5) is 26.8. The number of aryl methyl sites for hydroxylation is 3. The number of rotatable bonds is 2. The zero-order valence-electron chi connectivity index (χ0n) is 17.7. The van der Waals surface area contributed by atoms with Crippen LogP contribution < -0.4 is 10.9 Å². The van der Waals surface area contributed by atoms with E-state index in [4.69, 9.17) is 4.42 Å². The molecule has 0 aromatic heterocycles. The summed E-state index contributed by atoms with van der Waals surface area (Å²) in [5.41, 5.74) is 1.44. The van der Waals surface area contributed by atoms with Gasteiger partial charge in [0.1, 0.15) is 5.52 Å². The monoisotopic (exact) mass is 445 g/mol. The highest BCUT2D eigenvalue weighted by Crippen LogP contribution is 2.26. The number of aromatic nitrogens is 1. The van der Waals surface area contributed by atoms with Crippen LogP contribution in [0.15, 0.2) is 79.6 Å². The van der Waals surface area contributed by atoms with Crippen molar-refractivity contribution >= 4 is 31.9 Å². The Kier molecular flexibility index (Phi) is 4.36. The fourth-order valence-electron chi connectivity index (χ4n) is 4.12. The molecule has 160 valence electrons. The molecule has 2 aliphatic rings. The van der Waals surface area contributed by atoms with Crippen LogP contribution in [0.1, 0.15) is 16.7 Å². The maximum Gasteiger partial charge on any atom is 0.269 e. The number of hydrogen-bond donors (Lipinski definition) is 0. The maximum absolute atomic E-state index is 13.9. The number of hydrogen-bond acceptors (Lipinski definition) is 5. The second-order valence-electron chi connectivity index (χ2n) is 8.00. The van der Waals surface area contributed by atoms with Crippen LogP contribution in [0.5, 0.6) is 0 Å². The van der Waals surface area contributed by atoms with Crippen LogP contribution in [-0.4, -0.2) is 12.4 Å². The quantitative estimate of drug-likeness (QED) is 0.410. The van der Waals surface area contributed by atoms with Crippen molar-refractivity contribution in [3.63, 3.8) is 0 Å². The molecule has 0 bridgehead atoms. The first-order valence-electron chi connectivity index (χ1n) is 10.0. The first-order chi connectivity index (χ1) is 15.2. The van der Waals surface area contributed by atoms with E-state index in [1.165, 1.54) is 18.2 Å². The van der Waals surface area contributed by atoms with Gasteiger partial charge in [-0.3, -0.25) is 9.59 Å². The Morgan fingerprint density at radius 1 is 0.781 bits per heavy atom. The minimum absolute atomic E-state index is 0.0149. The lowest BCUT2D eigenvalue weighted by Crippen LogP contribution is -2.25. The highest BCUT2D eigenvalue weighted by Gasteiger charge is 2.25. The second-order valence-corrected chi connectivity index (χ2v) is 9.78. The minimum Gasteiger partial charge on any atom is -0.448 e. The average molecular weight is 445 g/mol. The molecule has 7 heteroatoms. The molecule has 0 unspecified atom stereocenters. The van der Waals surface area contributed by atoms with E-state index in [-0.39, 0.29) is 37.5 Å². The van der Waals surface area contributed by atoms with Crippen molar-refractivity contribution in [2.24, 2.45) is 0 Å². The van der Waals surface area contributed by atoms with Crippen molar-refractivity contribution in [3.05, 3.63) is 109 Å². The van der Waals surface area contributed by atoms with Crippen molar-refractivity contribution in [3.8, 4) is 0 Å². The molecular formula is C25H19NO5S. The minimum atomic E-state index is -4.23. The predicted octanol–water partition coefficient (Wildman–Crippen LogP) is 3.99. The van der Waals surface area contributed by atoms with Gasteiger partial charge in [-0.1, -0.05) is 48.0 Å². The Morgan fingerprint density at radius 2 is 1.41 bits per heavy atom. The second kappa shape index (κ2) is 6.90. The molecule has 0 spiro atoms. The number of fused-ring (bicyclic) bond motifs is 2. The highest BCUT2D eigenvalue weighted by atomic mass is 32.2. The molecule has 0 fully saturated rings. The van der Waals surface area contributed by atoms with Crippen molar-refractivity contribution < 1.29 is 12.8 Å². The Morgan fingerprint density at radius 3 is 2.06 bits per heavy atom. The molecule has 6 nitrogen and oxygen atoms in total. The Balaban J connectivity index is 2.16. The van der Waals surface area contributed by atoms with E-state index >= 15 is 0 Å². The van der Waals surface area contributed by atoms with Gasteiger partial charge in [0, 0.05) is 10.8 Å². The lowest BCUT2D eigenvalue weighted by Gasteiger charge is -2.15. The molecule has 0 radical (unpaired) electrons. The first kappa shape index (κ1) is 20.2. The third-order valence-corrected chi connectivity index (χ3v) is 7.37. The van der Waals surface area contributed by atoms with E-state index in [1.807, 2.05) is 19.9 Å². The molecule has 0 amide bonds. The van der Waals surface area contributed by atoms with Crippen LogP contribution >= 0.6 is 0 Å². The molecule has 0 saturated heterocycles. The lowest BCUT2D eigenvalue weighted by atomic mass is 10.1. The smallest absolute Gasteiger partial charge is 0.269 e. The van der Waals surface area contributed by atoms with E-state index in [2.05, 4.69) is 0 Å². The van der Waals surface area contributed by atoms with Gasteiger partial charge in [-0.25, -0.2) is 12.4 Å². The van der Waals surface area contributed by atoms with Gasteiger partial charge in [0.05, 0.1) is 4.90 Å². The van der Waals surface area contributed by atoms with E-state index in [0.717, 1.165) is 15.1 Å². The largest absolute Gasteiger partial charge is 0.448 e. The van der Waals surface area contributed by atoms with Crippen molar-refractivity contribution in [2.45, 2.75) is 25.7 Å². The zero-order valence-corrected chi connectivity index (χ0v) is 18.5. The van der Waals surface area contributed by atoms with Gasteiger partial charge in [0.2, 0.25) is 16.3 Å². The Bertz CT molecular complexity index is 1850. The van der Waals surface area contributed by atoms with Crippen LogP contribution in [0.4, 0.5) is 0 Å². The topological polar surface area (TPSA) is 86.4 Å². The molecule has 32 heavy (non-hydrogen) atoms. The van der Waals surface area contributed by atoms with Gasteiger partial charge in [-0.05, 0) is 50.1 Å². The summed E-state index contributed by atoms with van der Waals surface area (Å²) in [6.07, 6.45) is 0. The zero-order chi connectivity index (χ0) is 22.8. The van der Waals surface area contributed by atoms with Crippen LogP contribution in [0.25, 0.3) is 21.9 Å². The van der Waals surface area contributed by atoms with Gasteiger partial charge >= 0.3 is 0 Å². The van der Waals surface area contributed by atoms with Gasteiger partial charge in [0.15, 0.2) is 10.9 Å². The molecule has 5 rings (SSSR count). The van der Waals surface area contributed by atoms with Crippen LogP contribution in [-0.2, 0) is 10.0 Å². The third kappa shape index (κ3) is 2.81. The van der Waals surface area contributed by atoms with Gasteiger partial charge in [-0.2, -0.15) is 0 Å². The molecule has 1 aliphatic carbocycles. The molecule has 0 atom stereocenters. The summed E-state index contributed by atoms with van der Waals surface area (Å²) in [7, 11) is -4.23. The molecular weight excluding hydrogens is 426 g/mol. The summed E-state index contributed by atoms with van der Waals surface area (Å²) < 4.78 is 34.7. The van der Waals surface area contributed by atoms with Gasteiger partial charge < -0.3 is 4.42 Å². The summed E-state index contributed by atoms with van der Waals surface area (Å²) in [5.74, 6) is 0. The predicted molar refractivity (Wildman–Crippen MR) is 123 cm³/mol. The van der Waals surface area contributed by atoms with E-state index in [1.54, 1.807) is 43.3 Å².